The molecule has 1 atom stereocenters. The zero-order chi connectivity index (χ0) is 22.1. The van der Waals surface area contributed by atoms with E-state index in [0.717, 1.165) is 33.8 Å². The van der Waals surface area contributed by atoms with Crippen LogP contribution in [-0.2, 0) is 19.6 Å². The minimum absolute atomic E-state index is 0.0950. The van der Waals surface area contributed by atoms with Crippen molar-refractivity contribution in [2.75, 3.05) is 27.3 Å². The molecule has 2 aromatic rings. The summed E-state index contributed by atoms with van der Waals surface area (Å²) >= 11 is 0. The van der Waals surface area contributed by atoms with E-state index in [9.17, 15) is 18.0 Å². The van der Waals surface area contributed by atoms with Crippen LogP contribution in [0.2, 0.25) is 0 Å². The molecule has 1 heterocycles. The lowest BCUT2D eigenvalue weighted by molar-refractivity contribution is -0.117. The van der Waals surface area contributed by atoms with Crippen LogP contribution >= 0.6 is 0 Å². The second kappa shape index (κ2) is 8.47. The SMILES string of the molecule is Cc1cc(C)cc(N([C@H](C)C(=O)Nc2ccc(N3CCCC3=O)cc2)S(C)(=O)=O)c1. The van der Waals surface area contributed by atoms with Gasteiger partial charge in [0.1, 0.15) is 6.04 Å². The van der Waals surface area contributed by atoms with Crippen molar-refractivity contribution in [3.05, 3.63) is 53.6 Å². The molecule has 0 radical (unpaired) electrons. The van der Waals surface area contributed by atoms with Crippen LogP contribution in [0.1, 0.15) is 30.9 Å². The smallest absolute Gasteiger partial charge is 0.247 e. The molecule has 0 aromatic heterocycles. The highest BCUT2D eigenvalue weighted by atomic mass is 32.2. The normalized spacial score (nSPS) is 15.2. The molecule has 1 fully saturated rings. The Balaban J connectivity index is 1.79. The van der Waals surface area contributed by atoms with Crippen molar-refractivity contribution >= 4 is 38.9 Å². The Hall–Kier alpha value is -2.87. The minimum atomic E-state index is -3.68. The van der Waals surface area contributed by atoms with Gasteiger partial charge in [0.25, 0.3) is 0 Å². The van der Waals surface area contributed by atoms with E-state index in [1.165, 1.54) is 0 Å². The summed E-state index contributed by atoms with van der Waals surface area (Å²) in [5, 5.41) is 2.77. The number of benzene rings is 2. The van der Waals surface area contributed by atoms with Crippen molar-refractivity contribution in [3.63, 3.8) is 0 Å². The molecule has 1 N–H and O–H groups in total. The Labute approximate surface area is 177 Å². The van der Waals surface area contributed by atoms with Crippen molar-refractivity contribution in [1.82, 2.24) is 0 Å². The van der Waals surface area contributed by atoms with Gasteiger partial charge >= 0.3 is 0 Å². The number of nitrogens with zero attached hydrogens (tertiary/aromatic N) is 2. The van der Waals surface area contributed by atoms with E-state index in [2.05, 4.69) is 5.32 Å². The molecule has 0 saturated carbocycles. The van der Waals surface area contributed by atoms with Gasteiger partial charge in [0.05, 0.1) is 11.9 Å². The van der Waals surface area contributed by atoms with E-state index >= 15 is 0 Å². The summed E-state index contributed by atoms with van der Waals surface area (Å²) in [6.07, 6.45) is 2.49. The Morgan fingerprint density at radius 3 is 2.20 bits per heavy atom. The molecule has 7 nitrogen and oxygen atoms in total. The van der Waals surface area contributed by atoms with E-state index < -0.39 is 22.0 Å². The highest BCUT2D eigenvalue weighted by Crippen LogP contribution is 2.26. The number of sulfonamides is 1. The molecule has 160 valence electrons. The first-order chi connectivity index (χ1) is 14.1. The maximum Gasteiger partial charge on any atom is 0.247 e. The lowest BCUT2D eigenvalue weighted by atomic mass is 10.1. The lowest BCUT2D eigenvalue weighted by Crippen LogP contribution is -2.45. The molecule has 1 aliphatic heterocycles. The fraction of sp³-hybridized carbons (Fsp3) is 0.364. The molecular formula is C22H27N3O4S. The van der Waals surface area contributed by atoms with E-state index in [1.807, 2.05) is 19.9 Å². The number of hydrogen-bond donors (Lipinski definition) is 1. The number of carbonyl (C=O) groups is 2. The number of hydrogen-bond acceptors (Lipinski definition) is 4. The van der Waals surface area contributed by atoms with E-state index in [-0.39, 0.29) is 5.91 Å². The van der Waals surface area contributed by atoms with E-state index in [0.29, 0.717) is 24.3 Å². The van der Waals surface area contributed by atoms with Gasteiger partial charge in [0.15, 0.2) is 0 Å². The largest absolute Gasteiger partial charge is 0.324 e. The number of carbonyl (C=O) groups excluding carboxylic acids is 2. The molecule has 0 aliphatic carbocycles. The van der Waals surface area contributed by atoms with Gasteiger partial charge in [-0.3, -0.25) is 13.9 Å². The topological polar surface area (TPSA) is 86.8 Å². The monoisotopic (exact) mass is 429 g/mol. The molecule has 2 amide bonds. The van der Waals surface area contributed by atoms with Crippen LogP contribution in [0.25, 0.3) is 0 Å². The predicted octanol–water partition coefficient (Wildman–Crippen LogP) is 3.22. The van der Waals surface area contributed by atoms with Crippen LogP contribution < -0.4 is 14.5 Å². The van der Waals surface area contributed by atoms with Gasteiger partial charge in [-0.1, -0.05) is 6.07 Å². The van der Waals surface area contributed by atoms with E-state index in [4.69, 9.17) is 0 Å². The highest BCUT2D eigenvalue weighted by molar-refractivity contribution is 7.92. The quantitative estimate of drug-likeness (QED) is 0.764. The third-order valence-electron chi connectivity index (χ3n) is 5.07. The van der Waals surface area contributed by atoms with E-state index in [1.54, 1.807) is 48.2 Å². The summed E-state index contributed by atoms with van der Waals surface area (Å²) in [6.45, 7) is 6.02. The average Bonchev–Trinajstić information content (AvgIpc) is 3.06. The van der Waals surface area contributed by atoms with Gasteiger partial charge in [0.2, 0.25) is 21.8 Å². The maximum atomic E-state index is 12.9. The molecule has 3 rings (SSSR count). The molecule has 2 aromatic carbocycles. The maximum absolute atomic E-state index is 12.9. The number of amides is 2. The van der Waals surface area contributed by atoms with Crippen LogP contribution in [0.4, 0.5) is 17.1 Å². The van der Waals surface area contributed by atoms with Gasteiger partial charge in [-0.05, 0) is 74.7 Å². The summed E-state index contributed by atoms with van der Waals surface area (Å²) in [7, 11) is -3.68. The second-order valence-electron chi connectivity index (χ2n) is 7.77. The predicted molar refractivity (Wildman–Crippen MR) is 119 cm³/mol. The van der Waals surface area contributed by atoms with Crippen LogP contribution in [0.15, 0.2) is 42.5 Å². The first-order valence-electron chi connectivity index (χ1n) is 9.85. The Kier molecular flexibility index (Phi) is 6.17. The van der Waals surface area contributed by atoms with Crippen LogP contribution in [0.5, 0.6) is 0 Å². The molecule has 0 unspecified atom stereocenters. The third-order valence-corrected chi connectivity index (χ3v) is 6.31. The molecule has 1 aliphatic rings. The summed E-state index contributed by atoms with van der Waals surface area (Å²) < 4.78 is 26.1. The standard InChI is InChI=1S/C22H27N3O4S/c1-15-12-16(2)14-20(13-15)25(30(4,28)29)17(3)22(27)23-18-7-9-19(10-8-18)24-11-5-6-21(24)26/h7-10,12-14,17H,5-6,11H2,1-4H3,(H,23,27)/t17-/m1/s1. The second-order valence-corrected chi connectivity index (χ2v) is 9.63. The zero-order valence-corrected chi connectivity index (χ0v) is 18.5. The summed E-state index contributed by atoms with van der Waals surface area (Å²) in [5.41, 5.74) is 3.62. The molecule has 30 heavy (non-hydrogen) atoms. The van der Waals surface area contributed by atoms with Crippen LogP contribution in [0.3, 0.4) is 0 Å². The highest BCUT2D eigenvalue weighted by Gasteiger charge is 2.29. The van der Waals surface area contributed by atoms with Gasteiger partial charge in [0, 0.05) is 24.3 Å². The van der Waals surface area contributed by atoms with Gasteiger partial charge in [-0.25, -0.2) is 8.42 Å². The lowest BCUT2D eigenvalue weighted by Gasteiger charge is -2.29. The number of aryl methyl sites for hydroxylation is 2. The molecule has 1 saturated heterocycles. The fourth-order valence-corrected chi connectivity index (χ4v) is 4.94. The van der Waals surface area contributed by atoms with Crippen molar-refractivity contribution in [3.8, 4) is 0 Å². The van der Waals surface area contributed by atoms with Gasteiger partial charge in [-0.2, -0.15) is 0 Å². The van der Waals surface area contributed by atoms with Crippen LogP contribution in [0, 0.1) is 13.8 Å². The average molecular weight is 430 g/mol. The van der Waals surface area contributed by atoms with Crippen molar-refractivity contribution in [2.45, 2.75) is 39.7 Å². The minimum Gasteiger partial charge on any atom is -0.324 e. The number of nitrogens with one attached hydrogen (secondary N) is 1. The van der Waals surface area contributed by atoms with Crippen LogP contribution in [-0.4, -0.2) is 39.1 Å². The Morgan fingerprint density at radius 1 is 1.10 bits per heavy atom. The third kappa shape index (κ3) is 4.81. The Morgan fingerprint density at radius 2 is 1.70 bits per heavy atom. The zero-order valence-electron chi connectivity index (χ0n) is 17.7. The first kappa shape index (κ1) is 21.8. The Bertz CT molecular complexity index is 1040. The van der Waals surface area contributed by atoms with Gasteiger partial charge in [-0.15, -0.1) is 0 Å². The number of rotatable bonds is 6. The van der Waals surface area contributed by atoms with Gasteiger partial charge < -0.3 is 10.2 Å². The summed E-state index contributed by atoms with van der Waals surface area (Å²) in [4.78, 5) is 26.4. The summed E-state index contributed by atoms with van der Waals surface area (Å²) in [6, 6.07) is 11.5. The fourth-order valence-electron chi connectivity index (χ4n) is 3.78. The molecular weight excluding hydrogens is 402 g/mol. The molecule has 0 spiro atoms. The van der Waals surface area contributed by atoms with Crippen molar-refractivity contribution in [2.24, 2.45) is 0 Å². The van der Waals surface area contributed by atoms with Crippen molar-refractivity contribution < 1.29 is 18.0 Å². The molecule has 0 bridgehead atoms. The molecule has 8 heteroatoms. The van der Waals surface area contributed by atoms with Crippen molar-refractivity contribution in [1.29, 1.82) is 0 Å². The summed E-state index contributed by atoms with van der Waals surface area (Å²) in [5.74, 6) is -0.345. The number of anilines is 3. The first-order valence-corrected chi connectivity index (χ1v) is 11.7.